The van der Waals surface area contributed by atoms with Gasteiger partial charge < -0.3 is 9.30 Å². The van der Waals surface area contributed by atoms with E-state index < -0.39 is 10.0 Å². The molecule has 1 aliphatic rings. The Kier molecular flexibility index (Phi) is 8.01. The van der Waals surface area contributed by atoms with Crippen LogP contribution in [0.4, 0.5) is 4.39 Å². The Bertz CT molecular complexity index is 883. The molecule has 0 unspecified atom stereocenters. The summed E-state index contributed by atoms with van der Waals surface area (Å²) in [5.74, 6) is 1.07. The highest BCUT2D eigenvalue weighted by atomic mass is 32.2. The lowest BCUT2D eigenvalue weighted by atomic mass is 10.2. The fourth-order valence-electron chi connectivity index (χ4n) is 2.99. The quantitative estimate of drug-likeness (QED) is 0.439. The van der Waals surface area contributed by atoms with Gasteiger partial charge in [-0.05, 0) is 37.7 Å². The zero-order valence-corrected chi connectivity index (χ0v) is 18.0. The van der Waals surface area contributed by atoms with Crippen LogP contribution in [0.5, 0.6) is 0 Å². The number of nitrogens with zero attached hydrogens (tertiary/aromatic N) is 4. The summed E-state index contributed by atoms with van der Waals surface area (Å²) in [7, 11) is -1.79. The number of rotatable bonds is 10. The van der Waals surface area contributed by atoms with E-state index in [2.05, 4.69) is 19.8 Å². The molecule has 0 bridgehead atoms. The first-order valence-electron chi connectivity index (χ1n) is 9.52. The molecule has 0 spiro atoms. The van der Waals surface area contributed by atoms with Crippen LogP contribution in [0.15, 0.2) is 29.4 Å². The molecule has 160 valence electrons. The molecular weight excluding hydrogens is 417 g/mol. The second-order valence-corrected chi connectivity index (χ2v) is 9.75. The van der Waals surface area contributed by atoms with Crippen LogP contribution in [0.2, 0.25) is 0 Å². The van der Waals surface area contributed by atoms with E-state index in [0.717, 1.165) is 43.6 Å². The average molecular weight is 444 g/mol. The Morgan fingerprint density at radius 1 is 1.17 bits per heavy atom. The van der Waals surface area contributed by atoms with E-state index in [-0.39, 0.29) is 11.6 Å². The van der Waals surface area contributed by atoms with Gasteiger partial charge in [0, 0.05) is 37.5 Å². The van der Waals surface area contributed by atoms with Crippen LogP contribution in [0.1, 0.15) is 6.42 Å². The number of nitrogens with one attached hydrogen (secondary N) is 1. The van der Waals surface area contributed by atoms with Crippen molar-refractivity contribution in [2.45, 2.75) is 18.1 Å². The number of thioether (sulfide) groups is 1. The van der Waals surface area contributed by atoms with Crippen LogP contribution >= 0.6 is 11.8 Å². The van der Waals surface area contributed by atoms with Gasteiger partial charge in [0.25, 0.3) is 0 Å². The number of hydrogen-bond donors (Lipinski definition) is 1. The van der Waals surface area contributed by atoms with Crippen LogP contribution in [0, 0.1) is 5.82 Å². The summed E-state index contributed by atoms with van der Waals surface area (Å²) in [5.41, 5.74) is 0.797. The van der Waals surface area contributed by atoms with E-state index in [0.29, 0.717) is 24.5 Å². The molecule has 2 heterocycles. The highest BCUT2D eigenvalue weighted by molar-refractivity contribution is 7.99. The topological polar surface area (TPSA) is 89.3 Å². The van der Waals surface area contributed by atoms with Crippen molar-refractivity contribution in [1.29, 1.82) is 0 Å². The maximum Gasteiger partial charge on any atom is 0.211 e. The van der Waals surface area contributed by atoms with Crippen molar-refractivity contribution < 1.29 is 17.5 Å². The summed E-state index contributed by atoms with van der Waals surface area (Å²) in [5, 5.41) is 9.36. The Labute approximate surface area is 174 Å². The van der Waals surface area contributed by atoms with E-state index in [9.17, 15) is 12.8 Å². The van der Waals surface area contributed by atoms with Crippen LogP contribution < -0.4 is 4.72 Å². The van der Waals surface area contributed by atoms with Crippen molar-refractivity contribution in [3.05, 3.63) is 30.1 Å². The van der Waals surface area contributed by atoms with Crippen LogP contribution in [-0.4, -0.2) is 79.5 Å². The Morgan fingerprint density at radius 3 is 2.59 bits per heavy atom. The number of ether oxygens (including phenoxy) is 1. The molecule has 0 atom stereocenters. The molecule has 29 heavy (non-hydrogen) atoms. The molecule has 2 aromatic rings. The molecule has 1 aromatic heterocycles. The Balaban J connectivity index is 1.71. The number of halogens is 1. The minimum Gasteiger partial charge on any atom is -0.379 e. The van der Waals surface area contributed by atoms with Gasteiger partial charge in [-0.25, -0.2) is 17.5 Å². The summed E-state index contributed by atoms with van der Waals surface area (Å²) >= 11 is 1.48. The first-order chi connectivity index (χ1) is 14.0. The van der Waals surface area contributed by atoms with Crippen molar-refractivity contribution in [3.8, 4) is 11.4 Å². The molecule has 1 N–H and O–H groups in total. The number of benzene rings is 1. The zero-order valence-electron chi connectivity index (χ0n) is 16.4. The lowest BCUT2D eigenvalue weighted by molar-refractivity contribution is 0.0361. The summed E-state index contributed by atoms with van der Waals surface area (Å²) in [6.45, 7) is 4.76. The molecule has 1 aliphatic heterocycles. The summed E-state index contributed by atoms with van der Waals surface area (Å²) in [6, 6.07) is 6.20. The van der Waals surface area contributed by atoms with E-state index in [1.165, 1.54) is 30.9 Å². The second kappa shape index (κ2) is 10.5. The van der Waals surface area contributed by atoms with E-state index in [4.69, 9.17) is 4.74 Å². The molecule has 0 aliphatic carbocycles. The standard InChI is InChI=1S/C18H26FN5O3S2/c1-20-29(25,26)14-2-13-28-18-22-21-17(15-3-5-16(19)6-4-15)24(18)8-7-23-9-11-27-12-10-23/h3-6,20H,2,7-14H2,1H3. The van der Waals surface area contributed by atoms with Gasteiger partial charge in [0.2, 0.25) is 10.0 Å². The third-order valence-electron chi connectivity index (χ3n) is 4.66. The predicted molar refractivity (Wildman–Crippen MR) is 111 cm³/mol. The molecule has 1 fully saturated rings. The molecule has 3 rings (SSSR count). The fraction of sp³-hybridized carbons (Fsp3) is 0.556. The van der Waals surface area contributed by atoms with Gasteiger partial charge >= 0.3 is 0 Å². The SMILES string of the molecule is CNS(=O)(=O)CCCSc1nnc(-c2ccc(F)cc2)n1CCN1CCOCC1. The third-order valence-corrected chi connectivity index (χ3v) is 7.16. The van der Waals surface area contributed by atoms with Crippen molar-refractivity contribution >= 4 is 21.8 Å². The summed E-state index contributed by atoms with van der Waals surface area (Å²) in [4.78, 5) is 2.33. The van der Waals surface area contributed by atoms with Crippen LogP contribution in [0.3, 0.4) is 0 Å². The first-order valence-corrected chi connectivity index (χ1v) is 12.2. The maximum atomic E-state index is 13.3. The monoisotopic (exact) mass is 443 g/mol. The van der Waals surface area contributed by atoms with Gasteiger partial charge in [0.15, 0.2) is 11.0 Å². The van der Waals surface area contributed by atoms with Crippen molar-refractivity contribution in [1.82, 2.24) is 24.4 Å². The first kappa shape index (κ1) is 22.2. The summed E-state index contributed by atoms with van der Waals surface area (Å²) in [6.07, 6.45) is 0.510. The fourth-order valence-corrected chi connectivity index (χ4v) is 4.80. The normalized spacial score (nSPS) is 15.7. The van der Waals surface area contributed by atoms with Gasteiger partial charge in [0.05, 0.1) is 19.0 Å². The summed E-state index contributed by atoms with van der Waals surface area (Å²) < 4.78 is 46.2. The predicted octanol–water partition coefficient (Wildman–Crippen LogP) is 1.45. The van der Waals surface area contributed by atoms with Gasteiger partial charge in [-0.2, -0.15) is 0 Å². The number of hydrogen-bond acceptors (Lipinski definition) is 7. The van der Waals surface area contributed by atoms with E-state index >= 15 is 0 Å². The number of aromatic nitrogens is 3. The Morgan fingerprint density at radius 2 is 1.90 bits per heavy atom. The van der Waals surface area contributed by atoms with Gasteiger partial charge in [-0.1, -0.05) is 11.8 Å². The maximum absolute atomic E-state index is 13.3. The van der Waals surface area contributed by atoms with Gasteiger partial charge in [-0.15, -0.1) is 10.2 Å². The largest absolute Gasteiger partial charge is 0.379 e. The van der Waals surface area contributed by atoms with E-state index in [1.807, 2.05) is 4.57 Å². The minimum absolute atomic E-state index is 0.0727. The number of morpholine rings is 1. The minimum atomic E-state index is -3.21. The van der Waals surface area contributed by atoms with Crippen LogP contribution in [-0.2, 0) is 21.3 Å². The second-order valence-electron chi connectivity index (χ2n) is 6.64. The Hall–Kier alpha value is -1.53. The lowest BCUT2D eigenvalue weighted by Gasteiger charge is -2.27. The molecule has 11 heteroatoms. The highest BCUT2D eigenvalue weighted by Crippen LogP contribution is 2.25. The number of sulfonamides is 1. The molecule has 0 radical (unpaired) electrons. The van der Waals surface area contributed by atoms with E-state index in [1.54, 1.807) is 12.1 Å². The molecule has 0 saturated carbocycles. The van der Waals surface area contributed by atoms with Gasteiger partial charge in [0.1, 0.15) is 5.82 Å². The van der Waals surface area contributed by atoms with Crippen LogP contribution in [0.25, 0.3) is 11.4 Å². The highest BCUT2D eigenvalue weighted by Gasteiger charge is 2.17. The molecule has 1 saturated heterocycles. The molecule has 8 nitrogen and oxygen atoms in total. The van der Waals surface area contributed by atoms with Crippen molar-refractivity contribution in [2.24, 2.45) is 0 Å². The van der Waals surface area contributed by atoms with Gasteiger partial charge in [-0.3, -0.25) is 4.90 Å². The average Bonchev–Trinajstić information content (AvgIpc) is 3.14. The third kappa shape index (κ3) is 6.48. The van der Waals surface area contributed by atoms with Crippen molar-refractivity contribution in [2.75, 3.05) is 51.4 Å². The molecular formula is C18H26FN5O3S2. The zero-order chi connectivity index (χ0) is 20.7. The molecule has 1 aromatic carbocycles. The smallest absolute Gasteiger partial charge is 0.211 e. The molecule has 0 amide bonds. The lowest BCUT2D eigenvalue weighted by Crippen LogP contribution is -2.38. The van der Waals surface area contributed by atoms with Crippen molar-refractivity contribution in [3.63, 3.8) is 0 Å².